The summed E-state index contributed by atoms with van der Waals surface area (Å²) in [5.74, 6) is 0.185. The van der Waals surface area contributed by atoms with E-state index in [2.05, 4.69) is 0 Å². The molecular weight excluding hydrogens is 152 g/mol. The highest BCUT2D eigenvalue weighted by Crippen LogP contribution is 1.92. The highest BCUT2D eigenvalue weighted by atomic mass is 16.1. The molecule has 4 N–H and O–H groups in total. The fraction of sp³-hybridized carbons (Fsp3) is 0.444. The third kappa shape index (κ3) is 7.18. The van der Waals surface area contributed by atoms with E-state index in [4.69, 9.17) is 11.5 Å². The maximum atomic E-state index is 11.0. The van der Waals surface area contributed by atoms with Crippen LogP contribution < -0.4 is 11.5 Å². The lowest BCUT2D eigenvalue weighted by Crippen LogP contribution is -1.97. The average molecular weight is 168 g/mol. The Balaban J connectivity index is 3.46. The SMILES string of the molecule is NCC=CCC(=O)CC=CCN. The number of nitrogens with two attached hydrogens (primary N) is 2. The lowest BCUT2D eigenvalue weighted by Gasteiger charge is -1.89. The van der Waals surface area contributed by atoms with Gasteiger partial charge >= 0.3 is 0 Å². The van der Waals surface area contributed by atoms with Crippen LogP contribution in [0.4, 0.5) is 0 Å². The van der Waals surface area contributed by atoms with Gasteiger partial charge in [-0.1, -0.05) is 24.3 Å². The van der Waals surface area contributed by atoms with Crippen LogP contribution in [0.15, 0.2) is 24.3 Å². The molecule has 0 aromatic rings. The van der Waals surface area contributed by atoms with Gasteiger partial charge in [-0.25, -0.2) is 0 Å². The molecule has 0 heterocycles. The van der Waals surface area contributed by atoms with E-state index in [0.29, 0.717) is 25.9 Å². The van der Waals surface area contributed by atoms with Gasteiger partial charge in [0.25, 0.3) is 0 Å². The van der Waals surface area contributed by atoms with Crippen molar-refractivity contribution in [1.29, 1.82) is 0 Å². The summed E-state index contributed by atoms with van der Waals surface area (Å²) in [4.78, 5) is 11.0. The van der Waals surface area contributed by atoms with Crippen LogP contribution in [-0.4, -0.2) is 18.9 Å². The molecule has 0 fully saturated rings. The molecule has 0 aliphatic rings. The number of allylic oxidation sites excluding steroid dienone is 2. The van der Waals surface area contributed by atoms with Crippen molar-refractivity contribution in [2.45, 2.75) is 12.8 Å². The molecule has 0 unspecified atom stereocenters. The van der Waals surface area contributed by atoms with Crippen molar-refractivity contribution >= 4 is 5.78 Å². The molecule has 12 heavy (non-hydrogen) atoms. The van der Waals surface area contributed by atoms with Crippen molar-refractivity contribution in [3.05, 3.63) is 24.3 Å². The van der Waals surface area contributed by atoms with E-state index >= 15 is 0 Å². The Bertz CT molecular complexity index is 155. The number of hydrogen-bond donors (Lipinski definition) is 2. The van der Waals surface area contributed by atoms with Gasteiger partial charge in [0.15, 0.2) is 0 Å². The third-order valence-electron chi connectivity index (χ3n) is 1.30. The zero-order chi connectivity index (χ0) is 9.23. The van der Waals surface area contributed by atoms with E-state index in [1.54, 1.807) is 24.3 Å². The second kappa shape index (κ2) is 8.17. The summed E-state index contributed by atoms with van der Waals surface area (Å²) in [6.45, 7) is 0.984. The molecule has 0 radical (unpaired) electrons. The summed E-state index contributed by atoms with van der Waals surface area (Å²) in [5, 5.41) is 0. The fourth-order valence-corrected chi connectivity index (χ4v) is 0.705. The Kier molecular flexibility index (Phi) is 7.54. The second-order valence-electron chi connectivity index (χ2n) is 2.36. The van der Waals surface area contributed by atoms with Crippen LogP contribution >= 0.6 is 0 Å². The Labute approximate surface area is 73.1 Å². The van der Waals surface area contributed by atoms with Gasteiger partial charge < -0.3 is 11.5 Å². The summed E-state index contributed by atoms with van der Waals surface area (Å²) in [7, 11) is 0. The third-order valence-corrected chi connectivity index (χ3v) is 1.30. The fourth-order valence-electron chi connectivity index (χ4n) is 0.705. The summed E-state index contributed by atoms with van der Waals surface area (Å²) >= 11 is 0. The zero-order valence-corrected chi connectivity index (χ0v) is 7.20. The monoisotopic (exact) mass is 168 g/mol. The molecule has 0 spiro atoms. The van der Waals surface area contributed by atoms with Gasteiger partial charge in [0.1, 0.15) is 5.78 Å². The number of rotatable bonds is 6. The lowest BCUT2D eigenvalue weighted by atomic mass is 10.2. The van der Waals surface area contributed by atoms with Crippen LogP contribution in [0.1, 0.15) is 12.8 Å². The average Bonchev–Trinajstić information content (AvgIpc) is 2.06. The molecule has 68 valence electrons. The van der Waals surface area contributed by atoms with Gasteiger partial charge in [-0.05, 0) is 0 Å². The molecule has 0 atom stereocenters. The van der Waals surface area contributed by atoms with Crippen LogP contribution in [0.25, 0.3) is 0 Å². The first-order valence-corrected chi connectivity index (χ1v) is 4.03. The van der Waals surface area contributed by atoms with Crippen molar-refractivity contribution in [2.24, 2.45) is 11.5 Å². The predicted octanol–water partition coefficient (Wildman–Crippen LogP) is 0.365. The minimum absolute atomic E-state index is 0.185. The van der Waals surface area contributed by atoms with Gasteiger partial charge in [0, 0.05) is 25.9 Å². The molecule has 0 rings (SSSR count). The molecular formula is C9H16N2O. The molecule has 0 bridgehead atoms. The van der Waals surface area contributed by atoms with E-state index < -0.39 is 0 Å². The first kappa shape index (κ1) is 11.1. The zero-order valence-electron chi connectivity index (χ0n) is 7.20. The standard InChI is InChI=1S/C9H16N2O/c10-7-3-1-5-9(12)6-2-4-8-11/h1-4H,5-8,10-11H2. The van der Waals surface area contributed by atoms with Crippen molar-refractivity contribution < 1.29 is 4.79 Å². The van der Waals surface area contributed by atoms with Gasteiger partial charge in [-0.2, -0.15) is 0 Å². The molecule has 0 saturated carbocycles. The van der Waals surface area contributed by atoms with Crippen LogP contribution in [0.5, 0.6) is 0 Å². The van der Waals surface area contributed by atoms with Gasteiger partial charge in [0.2, 0.25) is 0 Å². The van der Waals surface area contributed by atoms with Crippen molar-refractivity contribution in [3.63, 3.8) is 0 Å². The van der Waals surface area contributed by atoms with E-state index in [1.807, 2.05) is 0 Å². The first-order valence-electron chi connectivity index (χ1n) is 4.03. The van der Waals surface area contributed by atoms with Crippen molar-refractivity contribution in [3.8, 4) is 0 Å². The first-order chi connectivity index (χ1) is 5.81. The van der Waals surface area contributed by atoms with Crippen molar-refractivity contribution in [2.75, 3.05) is 13.1 Å². The van der Waals surface area contributed by atoms with Gasteiger partial charge in [0.05, 0.1) is 0 Å². The molecule has 0 saturated heterocycles. The quantitative estimate of drug-likeness (QED) is 0.563. The number of carbonyl (C=O) groups excluding carboxylic acids is 1. The number of Topliss-reactive ketones (excluding diaryl/α,β-unsaturated/α-hetero) is 1. The van der Waals surface area contributed by atoms with Crippen LogP contribution in [0.2, 0.25) is 0 Å². The highest BCUT2D eigenvalue weighted by Gasteiger charge is 1.93. The molecule has 0 aliphatic heterocycles. The summed E-state index contributed by atoms with van der Waals surface area (Å²) in [6, 6.07) is 0. The molecule has 0 aliphatic carbocycles. The Hall–Kier alpha value is -0.930. The maximum absolute atomic E-state index is 11.0. The molecule has 3 nitrogen and oxygen atoms in total. The van der Waals surface area contributed by atoms with Crippen LogP contribution in [0.3, 0.4) is 0 Å². The maximum Gasteiger partial charge on any atom is 0.140 e. The van der Waals surface area contributed by atoms with Crippen LogP contribution in [0, 0.1) is 0 Å². The van der Waals surface area contributed by atoms with E-state index in [0.717, 1.165) is 0 Å². The molecule has 0 aromatic carbocycles. The predicted molar refractivity (Wildman–Crippen MR) is 50.6 cm³/mol. The number of hydrogen-bond acceptors (Lipinski definition) is 3. The number of carbonyl (C=O) groups is 1. The topological polar surface area (TPSA) is 69.1 Å². The smallest absolute Gasteiger partial charge is 0.140 e. The van der Waals surface area contributed by atoms with E-state index in [-0.39, 0.29) is 5.78 Å². The minimum Gasteiger partial charge on any atom is -0.327 e. The minimum atomic E-state index is 0.185. The second-order valence-corrected chi connectivity index (χ2v) is 2.36. The molecule has 3 heteroatoms. The van der Waals surface area contributed by atoms with Crippen molar-refractivity contribution in [1.82, 2.24) is 0 Å². The largest absolute Gasteiger partial charge is 0.327 e. The Morgan fingerprint density at radius 3 is 1.67 bits per heavy atom. The summed E-state index contributed by atoms with van der Waals surface area (Å²) < 4.78 is 0. The van der Waals surface area contributed by atoms with Gasteiger partial charge in [-0.3, -0.25) is 4.79 Å². The normalized spacial score (nSPS) is 11.5. The summed E-state index contributed by atoms with van der Waals surface area (Å²) in [5.41, 5.74) is 10.4. The van der Waals surface area contributed by atoms with E-state index in [1.165, 1.54) is 0 Å². The lowest BCUT2D eigenvalue weighted by molar-refractivity contribution is -0.117. The molecule has 0 aromatic heterocycles. The highest BCUT2D eigenvalue weighted by molar-refractivity contribution is 5.81. The number of ketones is 1. The Morgan fingerprint density at radius 1 is 0.917 bits per heavy atom. The molecule has 0 amide bonds. The summed E-state index contributed by atoms with van der Waals surface area (Å²) in [6.07, 6.45) is 8.07. The van der Waals surface area contributed by atoms with Gasteiger partial charge in [-0.15, -0.1) is 0 Å². The van der Waals surface area contributed by atoms with E-state index in [9.17, 15) is 4.79 Å². The Morgan fingerprint density at radius 2 is 1.33 bits per heavy atom. The van der Waals surface area contributed by atoms with Crippen LogP contribution in [-0.2, 0) is 4.79 Å².